The lowest BCUT2D eigenvalue weighted by Gasteiger charge is -2.48. The van der Waals surface area contributed by atoms with E-state index in [1.54, 1.807) is 0 Å². The van der Waals surface area contributed by atoms with Gasteiger partial charge in [-0.2, -0.15) is 5.10 Å². The van der Waals surface area contributed by atoms with Gasteiger partial charge >= 0.3 is 0 Å². The third kappa shape index (κ3) is 1.88. The fourth-order valence-corrected chi connectivity index (χ4v) is 5.31. The van der Waals surface area contributed by atoms with Crippen molar-refractivity contribution in [3.8, 4) is 17.2 Å². The molecule has 4 heterocycles. The number of allylic oxidation sites excluding steroid dienone is 2. The van der Waals surface area contributed by atoms with E-state index in [1.807, 2.05) is 48.7 Å². The molecule has 144 valence electrons. The SMILES string of the molecule is C1=CC2C3C(=NN2C=C1)c1ccccc1OC31c2ccccc2Oc2ccccc21. The van der Waals surface area contributed by atoms with Crippen LogP contribution in [-0.4, -0.2) is 16.8 Å². The number of benzene rings is 3. The Balaban J connectivity index is 1.60. The van der Waals surface area contributed by atoms with Crippen LogP contribution in [0.25, 0.3) is 0 Å². The zero-order valence-electron chi connectivity index (χ0n) is 16.1. The molecule has 0 radical (unpaired) electrons. The van der Waals surface area contributed by atoms with Gasteiger partial charge in [-0.1, -0.05) is 60.7 Å². The summed E-state index contributed by atoms with van der Waals surface area (Å²) in [6, 6.07) is 24.7. The maximum atomic E-state index is 7.03. The van der Waals surface area contributed by atoms with Gasteiger partial charge in [0.25, 0.3) is 0 Å². The number of nitrogens with zero attached hydrogens (tertiary/aromatic N) is 2. The molecule has 0 saturated carbocycles. The molecule has 0 aromatic heterocycles. The van der Waals surface area contributed by atoms with E-state index in [9.17, 15) is 0 Å². The van der Waals surface area contributed by atoms with E-state index < -0.39 is 5.60 Å². The van der Waals surface area contributed by atoms with Gasteiger partial charge in [-0.15, -0.1) is 0 Å². The van der Waals surface area contributed by atoms with E-state index in [0.717, 1.165) is 39.7 Å². The third-order valence-corrected chi connectivity index (χ3v) is 6.49. The minimum atomic E-state index is -0.729. The van der Waals surface area contributed by atoms with Crippen molar-refractivity contribution in [1.29, 1.82) is 0 Å². The van der Waals surface area contributed by atoms with Crippen LogP contribution < -0.4 is 9.47 Å². The monoisotopic (exact) mass is 390 g/mol. The molecule has 2 atom stereocenters. The molecule has 4 aliphatic rings. The summed E-state index contributed by atoms with van der Waals surface area (Å²) in [5.74, 6) is 2.51. The Morgan fingerprint density at radius 3 is 2.20 bits per heavy atom. The third-order valence-electron chi connectivity index (χ3n) is 6.49. The zero-order valence-corrected chi connectivity index (χ0v) is 16.1. The summed E-state index contributed by atoms with van der Waals surface area (Å²) in [5, 5.41) is 7.12. The highest BCUT2D eigenvalue weighted by Crippen LogP contribution is 2.58. The van der Waals surface area contributed by atoms with Gasteiger partial charge in [-0.05, 0) is 30.3 Å². The lowest BCUT2D eigenvalue weighted by atomic mass is 9.66. The van der Waals surface area contributed by atoms with Crippen molar-refractivity contribution in [3.05, 3.63) is 114 Å². The second-order valence-corrected chi connectivity index (χ2v) is 7.99. The average Bonchev–Trinajstić information content (AvgIpc) is 3.20. The average molecular weight is 390 g/mol. The molecular weight excluding hydrogens is 372 g/mol. The Labute approximate surface area is 174 Å². The summed E-state index contributed by atoms with van der Waals surface area (Å²) < 4.78 is 13.3. The number of fused-ring (bicyclic) bond motifs is 10. The van der Waals surface area contributed by atoms with Crippen LogP contribution >= 0.6 is 0 Å². The first-order valence-corrected chi connectivity index (χ1v) is 10.2. The largest absolute Gasteiger partial charge is 0.476 e. The highest BCUT2D eigenvalue weighted by Gasteiger charge is 2.60. The van der Waals surface area contributed by atoms with Crippen LogP contribution in [0.4, 0.5) is 0 Å². The maximum absolute atomic E-state index is 7.03. The summed E-state index contributed by atoms with van der Waals surface area (Å²) >= 11 is 0. The standard InChI is InChI=1S/C26H18N2O2/c1-4-13-21-17(9-1)25-24(20-12-7-8-16-28(20)27-25)26(30-21)18-10-2-5-14-22(18)29-23-15-6-3-11-19(23)26/h1-16,20,24H. The molecule has 0 N–H and O–H groups in total. The highest BCUT2D eigenvalue weighted by molar-refractivity contribution is 6.08. The van der Waals surface area contributed by atoms with Gasteiger partial charge < -0.3 is 9.47 Å². The van der Waals surface area contributed by atoms with E-state index in [4.69, 9.17) is 14.6 Å². The van der Waals surface area contributed by atoms with Crippen LogP contribution in [0, 0.1) is 5.92 Å². The fraction of sp³-hybridized carbons (Fsp3) is 0.115. The van der Waals surface area contributed by atoms with Crippen molar-refractivity contribution < 1.29 is 9.47 Å². The van der Waals surface area contributed by atoms with Gasteiger partial charge in [0.2, 0.25) is 0 Å². The number of hydrogen-bond acceptors (Lipinski definition) is 4. The fourth-order valence-electron chi connectivity index (χ4n) is 5.31. The molecule has 4 heteroatoms. The first-order valence-electron chi connectivity index (χ1n) is 10.2. The molecule has 1 spiro atoms. The molecule has 30 heavy (non-hydrogen) atoms. The minimum absolute atomic E-state index is 0.0141. The van der Waals surface area contributed by atoms with E-state index in [1.165, 1.54) is 0 Å². The Morgan fingerprint density at radius 1 is 0.767 bits per heavy atom. The molecule has 0 saturated heterocycles. The summed E-state index contributed by atoms with van der Waals surface area (Å²) in [4.78, 5) is 0. The second-order valence-electron chi connectivity index (χ2n) is 7.99. The predicted molar refractivity (Wildman–Crippen MR) is 115 cm³/mol. The van der Waals surface area contributed by atoms with Crippen LogP contribution in [0.2, 0.25) is 0 Å². The summed E-state index contributed by atoms with van der Waals surface area (Å²) in [7, 11) is 0. The Morgan fingerprint density at radius 2 is 1.43 bits per heavy atom. The predicted octanol–water partition coefficient (Wildman–Crippen LogP) is 5.22. The van der Waals surface area contributed by atoms with Crippen molar-refractivity contribution in [2.24, 2.45) is 11.0 Å². The van der Waals surface area contributed by atoms with Crippen molar-refractivity contribution in [2.45, 2.75) is 11.6 Å². The normalized spacial score (nSPS) is 23.3. The number of rotatable bonds is 0. The van der Waals surface area contributed by atoms with Gasteiger partial charge in [-0.25, -0.2) is 0 Å². The van der Waals surface area contributed by atoms with E-state index in [0.29, 0.717) is 0 Å². The van der Waals surface area contributed by atoms with Gasteiger partial charge in [0.15, 0.2) is 5.60 Å². The number of ether oxygens (including phenoxy) is 2. The molecule has 0 bridgehead atoms. The van der Waals surface area contributed by atoms with Crippen molar-refractivity contribution >= 4 is 5.71 Å². The minimum Gasteiger partial charge on any atom is -0.476 e. The van der Waals surface area contributed by atoms with Crippen molar-refractivity contribution in [2.75, 3.05) is 0 Å². The van der Waals surface area contributed by atoms with Crippen LogP contribution in [-0.2, 0) is 5.60 Å². The summed E-state index contributed by atoms with van der Waals surface area (Å²) in [6.07, 6.45) is 8.40. The van der Waals surface area contributed by atoms with Crippen LogP contribution in [0.15, 0.2) is 102 Å². The first kappa shape index (κ1) is 16.1. The van der Waals surface area contributed by atoms with E-state index in [-0.39, 0.29) is 12.0 Å². The number of hydrazone groups is 1. The lowest BCUT2D eigenvalue weighted by Crippen LogP contribution is -2.54. The molecule has 4 aliphatic heterocycles. The van der Waals surface area contributed by atoms with E-state index in [2.05, 4.69) is 53.6 Å². The van der Waals surface area contributed by atoms with Crippen LogP contribution in [0.3, 0.4) is 0 Å². The molecule has 4 nitrogen and oxygen atoms in total. The molecule has 0 aliphatic carbocycles. The molecular formula is C26H18N2O2. The highest BCUT2D eigenvalue weighted by atomic mass is 16.5. The Bertz CT molecular complexity index is 1240. The lowest BCUT2D eigenvalue weighted by molar-refractivity contribution is 0.0402. The first-order chi connectivity index (χ1) is 14.9. The number of hydrogen-bond donors (Lipinski definition) is 0. The van der Waals surface area contributed by atoms with Gasteiger partial charge in [0.1, 0.15) is 17.2 Å². The quantitative estimate of drug-likeness (QED) is 0.528. The molecule has 0 amide bonds. The molecule has 0 fully saturated rings. The summed E-state index contributed by atoms with van der Waals surface area (Å²) in [6.45, 7) is 0. The molecule has 7 rings (SSSR count). The topological polar surface area (TPSA) is 34.1 Å². The van der Waals surface area contributed by atoms with E-state index >= 15 is 0 Å². The summed E-state index contributed by atoms with van der Waals surface area (Å²) in [5.41, 5.74) is 3.48. The maximum Gasteiger partial charge on any atom is 0.177 e. The van der Waals surface area contributed by atoms with Crippen molar-refractivity contribution in [3.63, 3.8) is 0 Å². The van der Waals surface area contributed by atoms with Gasteiger partial charge in [0, 0.05) is 22.9 Å². The smallest absolute Gasteiger partial charge is 0.177 e. The Kier molecular flexibility index (Phi) is 3.02. The van der Waals surface area contributed by atoms with Gasteiger partial charge in [-0.3, -0.25) is 5.01 Å². The molecule has 3 aromatic rings. The molecule has 2 unspecified atom stereocenters. The van der Waals surface area contributed by atoms with Crippen molar-refractivity contribution in [1.82, 2.24) is 5.01 Å². The molecule has 3 aromatic carbocycles. The Hall–Kier alpha value is -3.79. The number of para-hydroxylation sites is 3. The zero-order chi connectivity index (χ0) is 19.7. The second kappa shape index (κ2) is 5.63. The van der Waals surface area contributed by atoms with Crippen LogP contribution in [0.1, 0.15) is 16.7 Å². The van der Waals surface area contributed by atoms with Crippen LogP contribution in [0.5, 0.6) is 17.2 Å². The van der Waals surface area contributed by atoms with Gasteiger partial charge in [0.05, 0.1) is 17.7 Å².